The number of ether oxygens (including phenoxy) is 1. The third-order valence-corrected chi connectivity index (χ3v) is 6.58. The van der Waals surface area contributed by atoms with E-state index in [4.69, 9.17) is 4.74 Å². The number of carbonyl (C=O) groups is 1. The normalized spacial score (nSPS) is 16.4. The Morgan fingerprint density at radius 1 is 1.04 bits per heavy atom. The highest BCUT2D eigenvalue weighted by Gasteiger charge is 2.40. The minimum atomic E-state index is -0.630. The number of hydrogen-bond acceptors (Lipinski definition) is 3. The van der Waals surface area contributed by atoms with E-state index in [1.54, 1.807) is 6.07 Å². The number of carbonyl (C=O) groups excluding carboxylic acids is 1. The number of halogens is 3. The van der Waals surface area contributed by atoms with Crippen LogP contribution in [0.3, 0.4) is 0 Å². The third-order valence-electron chi connectivity index (χ3n) is 4.41. The second-order valence-electron chi connectivity index (χ2n) is 6.04. The molecular weight excluding hydrogens is 659 g/mol. The van der Waals surface area contributed by atoms with Crippen LogP contribution < -0.4 is 5.32 Å². The lowest BCUT2D eigenvalue weighted by molar-refractivity contribution is -0.668. The molecule has 3 rings (SSSR count). The van der Waals surface area contributed by atoms with Gasteiger partial charge in [-0.05, 0) is 97.6 Å². The second kappa shape index (κ2) is 8.26. The Hall–Kier alpha value is -0.140. The van der Waals surface area contributed by atoms with Crippen molar-refractivity contribution in [2.24, 2.45) is 0 Å². The van der Waals surface area contributed by atoms with Gasteiger partial charge in [-0.1, -0.05) is 12.1 Å². The molecule has 1 aliphatic rings. The number of quaternary nitrogens is 1. The van der Waals surface area contributed by atoms with E-state index >= 15 is 0 Å². The molecule has 132 valence electrons. The van der Waals surface area contributed by atoms with Crippen molar-refractivity contribution in [3.8, 4) is 5.75 Å². The van der Waals surface area contributed by atoms with E-state index < -0.39 is 11.6 Å². The Balaban J connectivity index is 1.96. The molecule has 0 aromatic heterocycles. The lowest BCUT2D eigenvalue weighted by Gasteiger charge is -2.36. The molecule has 0 unspecified atom stereocenters. The summed E-state index contributed by atoms with van der Waals surface area (Å²) in [5, 5.41) is 12.5. The summed E-state index contributed by atoms with van der Waals surface area (Å²) in [7, 11) is 0. The van der Waals surface area contributed by atoms with Crippen molar-refractivity contribution >= 4 is 73.7 Å². The number of hydrogen-bond donors (Lipinski definition) is 2. The Morgan fingerprint density at radius 3 is 2.32 bits per heavy atom. The van der Waals surface area contributed by atoms with Crippen LogP contribution >= 0.6 is 67.8 Å². The topological polar surface area (TPSA) is 63.1 Å². The average Bonchev–Trinajstić information content (AvgIpc) is 2.59. The summed E-state index contributed by atoms with van der Waals surface area (Å²) < 4.78 is 8.75. The number of aromatic hydroxyl groups is 1. The quantitative estimate of drug-likeness (QED) is 0.386. The number of phenolic OH excluding ortho intramolecular Hbond substituents is 1. The number of rotatable bonds is 3. The van der Waals surface area contributed by atoms with Gasteiger partial charge in [0.1, 0.15) is 16.9 Å². The van der Waals surface area contributed by atoms with Crippen molar-refractivity contribution in [3.05, 3.63) is 58.2 Å². The lowest BCUT2D eigenvalue weighted by Crippen LogP contribution is -2.87. The summed E-state index contributed by atoms with van der Waals surface area (Å²) in [6, 6.07) is 11.7. The van der Waals surface area contributed by atoms with Crippen molar-refractivity contribution < 1.29 is 20.0 Å². The van der Waals surface area contributed by atoms with Gasteiger partial charge in [-0.2, -0.15) is 0 Å². The summed E-state index contributed by atoms with van der Waals surface area (Å²) in [4.78, 5) is 12.9. The standard InChI is InChI=1S/C18H16I3NO3/c19-12-3-1-11(2-4-12)18(5-7-22-8-6-18)25-17(24)14-9-13(20)10-15(21)16(14)23/h1-4,9-10,22-23H,5-8H2/p+1. The van der Waals surface area contributed by atoms with Crippen molar-refractivity contribution in [2.45, 2.75) is 18.4 Å². The summed E-state index contributed by atoms with van der Waals surface area (Å²) in [6.07, 6.45) is 1.53. The molecule has 7 heteroatoms. The van der Waals surface area contributed by atoms with Gasteiger partial charge in [0, 0.05) is 20.0 Å². The fraction of sp³-hybridized carbons (Fsp3) is 0.278. The van der Waals surface area contributed by atoms with Crippen LogP contribution in [0, 0.1) is 10.7 Å². The smallest absolute Gasteiger partial charge is 0.342 e. The highest BCUT2D eigenvalue weighted by molar-refractivity contribution is 14.1. The van der Waals surface area contributed by atoms with Gasteiger partial charge in [0.25, 0.3) is 0 Å². The third kappa shape index (κ3) is 4.41. The van der Waals surface area contributed by atoms with Gasteiger partial charge in [0.05, 0.1) is 16.7 Å². The first-order chi connectivity index (χ1) is 11.9. The van der Waals surface area contributed by atoms with E-state index in [2.05, 4.69) is 50.5 Å². The molecule has 4 nitrogen and oxygen atoms in total. The predicted molar refractivity (Wildman–Crippen MR) is 121 cm³/mol. The second-order valence-corrected chi connectivity index (χ2v) is 9.69. The Kier molecular flexibility index (Phi) is 6.48. The molecule has 1 heterocycles. The zero-order valence-electron chi connectivity index (χ0n) is 13.3. The molecule has 0 bridgehead atoms. The Morgan fingerprint density at radius 2 is 1.68 bits per heavy atom. The first kappa shape index (κ1) is 19.6. The maximum atomic E-state index is 12.9. The molecule has 0 saturated carbocycles. The number of nitrogens with two attached hydrogens (primary N) is 1. The highest BCUT2D eigenvalue weighted by atomic mass is 127. The monoisotopic (exact) mass is 676 g/mol. The van der Waals surface area contributed by atoms with E-state index in [1.165, 1.54) is 0 Å². The molecule has 1 saturated heterocycles. The van der Waals surface area contributed by atoms with Crippen LogP contribution in [-0.4, -0.2) is 24.2 Å². The maximum Gasteiger partial charge on any atom is 0.342 e. The van der Waals surface area contributed by atoms with Crippen molar-refractivity contribution in [3.63, 3.8) is 0 Å². The zero-order chi connectivity index (χ0) is 18.0. The molecule has 0 spiro atoms. The largest absolute Gasteiger partial charge is 0.506 e. The van der Waals surface area contributed by atoms with E-state index in [0.29, 0.717) is 3.57 Å². The molecule has 1 fully saturated rings. The van der Waals surface area contributed by atoms with Crippen molar-refractivity contribution in [1.29, 1.82) is 0 Å². The molecule has 0 aliphatic carbocycles. The first-order valence-corrected chi connectivity index (χ1v) is 11.1. The molecule has 25 heavy (non-hydrogen) atoms. The van der Waals surface area contributed by atoms with Crippen LogP contribution in [0.1, 0.15) is 28.8 Å². The van der Waals surface area contributed by atoms with E-state index in [9.17, 15) is 9.90 Å². The number of phenols is 1. The van der Waals surface area contributed by atoms with Crippen LogP contribution in [0.4, 0.5) is 0 Å². The van der Waals surface area contributed by atoms with Crippen LogP contribution in [0.2, 0.25) is 0 Å². The van der Waals surface area contributed by atoms with Gasteiger partial charge < -0.3 is 15.2 Å². The van der Waals surface area contributed by atoms with Gasteiger partial charge in [0.2, 0.25) is 0 Å². The minimum absolute atomic E-state index is 0.00820. The molecular formula is C18H17I3NO3+. The molecule has 2 aromatic carbocycles. The van der Waals surface area contributed by atoms with Gasteiger partial charge in [-0.15, -0.1) is 0 Å². The van der Waals surface area contributed by atoms with E-state index in [1.807, 2.05) is 52.9 Å². The average molecular weight is 676 g/mol. The van der Waals surface area contributed by atoms with Gasteiger partial charge in [0.15, 0.2) is 0 Å². The number of benzene rings is 2. The first-order valence-electron chi connectivity index (χ1n) is 7.90. The van der Waals surface area contributed by atoms with Crippen LogP contribution in [-0.2, 0) is 10.3 Å². The Bertz CT molecular complexity index is 787. The van der Waals surface area contributed by atoms with Crippen LogP contribution in [0.15, 0.2) is 36.4 Å². The number of esters is 1. The minimum Gasteiger partial charge on any atom is -0.506 e. The van der Waals surface area contributed by atoms with Crippen LogP contribution in [0.5, 0.6) is 5.75 Å². The SMILES string of the molecule is O=C(OC1(c2ccc(I)cc2)CC[NH2+]CC1)c1cc(I)cc(I)c1O. The molecule has 3 N–H and O–H groups in total. The fourth-order valence-electron chi connectivity index (χ4n) is 3.10. The maximum absolute atomic E-state index is 12.9. The van der Waals surface area contributed by atoms with E-state index in [0.717, 1.165) is 38.6 Å². The van der Waals surface area contributed by atoms with Crippen LogP contribution in [0.25, 0.3) is 0 Å². The molecule has 0 amide bonds. The van der Waals surface area contributed by atoms with Gasteiger partial charge in [-0.25, -0.2) is 4.79 Å². The van der Waals surface area contributed by atoms with Gasteiger partial charge >= 0.3 is 5.97 Å². The van der Waals surface area contributed by atoms with Crippen molar-refractivity contribution in [1.82, 2.24) is 0 Å². The molecule has 0 radical (unpaired) electrons. The summed E-state index contributed by atoms with van der Waals surface area (Å²) in [5.74, 6) is -0.472. The fourth-order valence-corrected chi connectivity index (χ4v) is 5.30. The Labute approximate surface area is 187 Å². The highest BCUT2D eigenvalue weighted by Crippen LogP contribution is 2.36. The summed E-state index contributed by atoms with van der Waals surface area (Å²) >= 11 is 6.44. The molecule has 0 atom stereocenters. The van der Waals surface area contributed by atoms with E-state index in [-0.39, 0.29) is 11.3 Å². The summed E-state index contributed by atoms with van der Waals surface area (Å²) in [6.45, 7) is 1.82. The number of piperidine rings is 1. The zero-order valence-corrected chi connectivity index (χ0v) is 19.7. The predicted octanol–water partition coefficient (Wildman–Crippen LogP) is 3.62. The summed E-state index contributed by atoms with van der Waals surface area (Å²) in [5.41, 5.74) is 0.625. The lowest BCUT2D eigenvalue weighted by atomic mass is 9.84. The molecule has 1 aliphatic heterocycles. The van der Waals surface area contributed by atoms with Gasteiger partial charge in [-0.3, -0.25) is 0 Å². The molecule has 2 aromatic rings. The van der Waals surface area contributed by atoms with Crippen molar-refractivity contribution in [2.75, 3.05) is 13.1 Å².